The number of aliphatic carboxylic acids is 1. The number of benzene rings is 1. The van der Waals surface area contributed by atoms with E-state index in [1.165, 1.54) is 12.1 Å². The minimum absolute atomic E-state index is 0.0385. The summed E-state index contributed by atoms with van der Waals surface area (Å²) >= 11 is 0. The molecule has 1 aliphatic rings. The van der Waals surface area contributed by atoms with Crippen LogP contribution in [0.5, 0.6) is 5.75 Å². The Kier molecular flexibility index (Phi) is 12.5. The third-order valence-electron chi connectivity index (χ3n) is 6.26. The Bertz CT molecular complexity index is 965. The molecule has 2 rings (SSSR count). The molecule has 0 radical (unpaired) electrons. The lowest BCUT2D eigenvalue weighted by Gasteiger charge is -2.25. The molecule has 0 aromatic heterocycles. The molecule has 4 amide bonds. The molecule has 1 aromatic rings. The molecule has 1 aliphatic heterocycles. The predicted octanol–water partition coefficient (Wildman–Crippen LogP) is -1.38. The summed E-state index contributed by atoms with van der Waals surface area (Å²) in [6, 6.07) is 2.09. The number of hydrogen-bond donors (Lipinski definition) is 8. The zero-order chi connectivity index (χ0) is 28.1. The number of carbonyl (C=O) groups excluding carboxylic acids is 4. The van der Waals surface area contributed by atoms with Crippen molar-refractivity contribution in [2.24, 2.45) is 11.5 Å². The zero-order valence-corrected chi connectivity index (χ0v) is 21.3. The van der Waals surface area contributed by atoms with E-state index < -0.39 is 47.9 Å². The zero-order valence-electron chi connectivity index (χ0n) is 21.3. The molecule has 1 aromatic carbocycles. The third kappa shape index (κ3) is 10.3. The molecule has 4 atom stereocenters. The summed E-state index contributed by atoms with van der Waals surface area (Å²) in [6.07, 6.45) is 2.30. The quantitative estimate of drug-likeness (QED) is 0.117. The molecule has 0 spiro atoms. The highest BCUT2D eigenvalue weighted by Gasteiger charge is 2.31. The van der Waals surface area contributed by atoms with E-state index >= 15 is 0 Å². The van der Waals surface area contributed by atoms with Gasteiger partial charge in [0, 0.05) is 12.8 Å². The van der Waals surface area contributed by atoms with E-state index in [0.717, 1.165) is 6.42 Å². The van der Waals surface area contributed by atoms with Crippen LogP contribution in [0.2, 0.25) is 0 Å². The smallest absolute Gasteiger partial charge is 0.326 e. The van der Waals surface area contributed by atoms with Gasteiger partial charge >= 0.3 is 5.97 Å². The minimum atomic E-state index is -1.27. The Morgan fingerprint density at radius 2 is 1.61 bits per heavy atom. The van der Waals surface area contributed by atoms with Crippen LogP contribution in [0.25, 0.3) is 0 Å². The van der Waals surface area contributed by atoms with Gasteiger partial charge in [0.05, 0.1) is 6.04 Å². The minimum Gasteiger partial charge on any atom is -0.508 e. The van der Waals surface area contributed by atoms with E-state index in [-0.39, 0.29) is 37.3 Å². The molecular weight excluding hydrogens is 496 g/mol. The lowest BCUT2D eigenvalue weighted by molar-refractivity contribution is -0.142. The van der Waals surface area contributed by atoms with Gasteiger partial charge in [-0.05, 0) is 69.3 Å². The number of phenols is 1. The van der Waals surface area contributed by atoms with E-state index in [9.17, 15) is 34.2 Å². The standard InChI is InChI=1S/C25H38N6O7/c26-12-2-1-4-19(25(37)38)30-23(35)18(10-11-21(27)33)29-24(36)20(14-15-6-8-16(32)9-7-15)31-22(34)17-5-3-13-28-17/h6-9,17-20,28,32H,1-5,10-14,26H2,(H2,27,33)(H,29,36)(H,30,35)(H,31,34)(H,37,38). The Labute approximate surface area is 221 Å². The lowest BCUT2D eigenvalue weighted by atomic mass is 10.0. The van der Waals surface area contributed by atoms with Crippen molar-refractivity contribution in [3.05, 3.63) is 29.8 Å². The summed E-state index contributed by atoms with van der Waals surface area (Å²) < 4.78 is 0. The number of carboxylic acid groups (broad SMARTS) is 1. The molecule has 1 heterocycles. The van der Waals surface area contributed by atoms with Gasteiger partial charge in [0.2, 0.25) is 23.6 Å². The number of amides is 4. The largest absolute Gasteiger partial charge is 0.508 e. The average molecular weight is 535 g/mol. The normalized spacial score (nSPS) is 17.1. The van der Waals surface area contributed by atoms with Crippen LogP contribution >= 0.6 is 0 Å². The highest BCUT2D eigenvalue weighted by atomic mass is 16.4. The monoisotopic (exact) mass is 534 g/mol. The van der Waals surface area contributed by atoms with Crippen molar-refractivity contribution in [3.63, 3.8) is 0 Å². The number of unbranched alkanes of at least 4 members (excludes halogenated alkanes) is 1. The van der Waals surface area contributed by atoms with E-state index in [0.29, 0.717) is 37.9 Å². The molecule has 1 fully saturated rings. The predicted molar refractivity (Wildman–Crippen MR) is 138 cm³/mol. The molecule has 4 unspecified atom stereocenters. The number of phenolic OH excluding ortho intramolecular Hbond substituents is 1. The van der Waals surface area contributed by atoms with Crippen LogP contribution in [0, 0.1) is 0 Å². The van der Waals surface area contributed by atoms with E-state index in [4.69, 9.17) is 11.5 Å². The molecule has 1 saturated heterocycles. The van der Waals surface area contributed by atoms with Crippen LogP contribution in [-0.4, -0.2) is 77.1 Å². The highest BCUT2D eigenvalue weighted by molar-refractivity contribution is 5.94. The van der Waals surface area contributed by atoms with Crippen LogP contribution in [0.3, 0.4) is 0 Å². The van der Waals surface area contributed by atoms with E-state index in [1.54, 1.807) is 12.1 Å². The first kappa shape index (κ1) is 30.5. The molecule has 38 heavy (non-hydrogen) atoms. The summed E-state index contributed by atoms with van der Waals surface area (Å²) in [5.41, 5.74) is 11.3. The summed E-state index contributed by atoms with van der Waals surface area (Å²) in [6.45, 7) is 1.06. The number of nitrogens with two attached hydrogens (primary N) is 2. The van der Waals surface area contributed by atoms with Gasteiger partial charge in [0.15, 0.2) is 0 Å². The van der Waals surface area contributed by atoms with Gasteiger partial charge in [-0.1, -0.05) is 12.1 Å². The number of rotatable bonds is 16. The summed E-state index contributed by atoms with van der Waals surface area (Å²) in [5.74, 6) is -3.74. The molecule has 0 saturated carbocycles. The molecule has 10 N–H and O–H groups in total. The maximum absolute atomic E-state index is 13.3. The first-order valence-corrected chi connectivity index (χ1v) is 12.7. The topological polar surface area (TPSA) is 226 Å². The molecule has 0 bridgehead atoms. The van der Waals surface area contributed by atoms with Crippen molar-refractivity contribution in [2.45, 2.75) is 75.5 Å². The van der Waals surface area contributed by atoms with E-state index in [2.05, 4.69) is 21.3 Å². The summed E-state index contributed by atoms with van der Waals surface area (Å²) in [4.78, 5) is 62.2. The number of hydrogen-bond acceptors (Lipinski definition) is 8. The Morgan fingerprint density at radius 1 is 0.947 bits per heavy atom. The number of aromatic hydroxyl groups is 1. The van der Waals surface area contributed by atoms with Crippen molar-refractivity contribution in [2.75, 3.05) is 13.1 Å². The first-order valence-electron chi connectivity index (χ1n) is 12.7. The van der Waals surface area contributed by atoms with Crippen molar-refractivity contribution in [3.8, 4) is 5.75 Å². The van der Waals surface area contributed by atoms with Crippen LogP contribution < -0.4 is 32.7 Å². The van der Waals surface area contributed by atoms with Gasteiger partial charge in [0.25, 0.3) is 0 Å². The van der Waals surface area contributed by atoms with Crippen LogP contribution in [0.15, 0.2) is 24.3 Å². The third-order valence-corrected chi connectivity index (χ3v) is 6.26. The van der Waals surface area contributed by atoms with Crippen LogP contribution in [0.1, 0.15) is 50.5 Å². The molecule has 0 aliphatic carbocycles. The number of nitrogens with one attached hydrogen (secondary N) is 4. The molecule has 13 nitrogen and oxygen atoms in total. The Balaban J connectivity index is 2.19. The van der Waals surface area contributed by atoms with Gasteiger partial charge in [-0.25, -0.2) is 4.79 Å². The molecule has 210 valence electrons. The number of carbonyl (C=O) groups is 5. The van der Waals surface area contributed by atoms with Gasteiger partial charge in [-0.2, -0.15) is 0 Å². The van der Waals surface area contributed by atoms with Crippen molar-refractivity contribution >= 4 is 29.6 Å². The second-order valence-electron chi connectivity index (χ2n) is 9.33. The second-order valence-corrected chi connectivity index (χ2v) is 9.33. The Morgan fingerprint density at radius 3 is 2.18 bits per heavy atom. The van der Waals surface area contributed by atoms with Gasteiger partial charge in [-0.3, -0.25) is 19.2 Å². The first-order chi connectivity index (χ1) is 18.1. The Hall–Kier alpha value is -3.71. The maximum atomic E-state index is 13.3. The highest BCUT2D eigenvalue weighted by Crippen LogP contribution is 2.13. The summed E-state index contributed by atoms with van der Waals surface area (Å²) in [5, 5.41) is 29.8. The van der Waals surface area contributed by atoms with Crippen LogP contribution in [-0.2, 0) is 30.4 Å². The number of primary amides is 1. The van der Waals surface area contributed by atoms with Gasteiger partial charge in [0.1, 0.15) is 23.9 Å². The number of carboxylic acids is 1. The second kappa shape index (κ2) is 15.5. The van der Waals surface area contributed by atoms with E-state index in [1.807, 2.05) is 0 Å². The van der Waals surface area contributed by atoms with Crippen molar-refractivity contribution in [1.82, 2.24) is 21.3 Å². The van der Waals surface area contributed by atoms with Crippen LogP contribution in [0.4, 0.5) is 0 Å². The SMILES string of the molecule is NCCCCC(NC(=O)C(CCC(N)=O)NC(=O)C(Cc1ccc(O)cc1)NC(=O)C1CCCN1)C(=O)O. The maximum Gasteiger partial charge on any atom is 0.326 e. The lowest BCUT2D eigenvalue weighted by Crippen LogP contribution is -2.57. The average Bonchev–Trinajstić information content (AvgIpc) is 3.41. The molecular formula is C25H38N6O7. The van der Waals surface area contributed by atoms with Crippen molar-refractivity contribution in [1.29, 1.82) is 0 Å². The summed E-state index contributed by atoms with van der Waals surface area (Å²) in [7, 11) is 0. The van der Waals surface area contributed by atoms with Gasteiger partial charge in [-0.15, -0.1) is 0 Å². The molecule has 13 heteroatoms. The van der Waals surface area contributed by atoms with Crippen molar-refractivity contribution < 1.29 is 34.2 Å². The fraction of sp³-hybridized carbons (Fsp3) is 0.560. The van der Waals surface area contributed by atoms with Gasteiger partial charge < -0.3 is 42.9 Å². The fourth-order valence-electron chi connectivity index (χ4n) is 4.11. The fourth-order valence-corrected chi connectivity index (χ4v) is 4.11.